The predicted octanol–water partition coefficient (Wildman–Crippen LogP) is 13.2. The van der Waals surface area contributed by atoms with Gasteiger partial charge >= 0.3 is 6.08 Å². The van der Waals surface area contributed by atoms with Crippen molar-refractivity contribution in [2.24, 2.45) is 0 Å². The zero-order valence-electron chi connectivity index (χ0n) is 46.8. The maximum atomic E-state index is 12.8. The van der Waals surface area contributed by atoms with Crippen LogP contribution < -0.4 is 36.4 Å². The van der Waals surface area contributed by atoms with Crippen molar-refractivity contribution in [3.8, 4) is 62.8 Å². The Morgan fingerprint density at radius 1 is 0.500 bits per heavy atom. The van der Waals surface area contributed by atoms with Crippen LogP contribution in [0.5, 0.6) is 29.1 Å². The van der Waals surface area contributed by atoms with Gasteiger partial charge in [0.15, 0.2) is 34.2 Å². The molecule has 0 radical (unpaired) electrons. The molecule has 0 fully saturated rings. The molecule has 6 aromatic carbocycles. The summed E-state index contributed by atoms with van der Waals surface area (Å²) in [4.78, 5) is 56.7. The van der Waals surface area contributed by atoms with Crippen molar-refractivity contribution in [2.45, 2.75) is 51.9 Å². The normalized spacial score (nSPS) is 12.0. The Kier molecular flexibility index (Phi) is 17.7. The maximum Gasteiger partial charge on any atom is 0.400 e. The second-order valence-corrected chi connectivity index (χ2v) is 21.1. The van der Waals surface area contributed by atoms with E-state index in [4.69, 9.17) is 34.6 Å². The van der Waals surface area contributed by atoms with Gasteiger partial charge in [0.25, 0.3) is 27.6 Å². The van der Waals surface area contributed by atoms with E-state index in [1.807, 2.05) is 133 Å². The first kappa shape index (κ1) is 57.8. The third-order valence-electron chi connectivity index (χ3n) is 14.9. The summed E-state index contributed by atoms with van der Waals surface area (Å²) in [5, 5.41) is 9.59. The molecule has 0 aliphatic carbocycles. The lowest BCUT2D eigenvalue weighted by Gasteiger charge is -2.21. The fourth-order valence-electron chi connectivity index (χ4n) is 10.6. The molecule has 12 aromatic rings. The van der Waals surface area contributed by atoms with Gasteiger partial charge in [-0.25, -0.2) is 0 Å². The van der Waals surface area contributed by atoms with Gasteiger partial charge in [-0.15, -0.1) is 0 Å². The van der Waals surface area contributed by atoms with Gasteiger partial charge in [0.1, 0.15) is 11.0 Å². The molecule has 1 N–H and O–H groups in total. The Hall–Kier alpha value is -9.97. The van der Waals surface area contributed by atoms with E-state index in [0.717, 1.165) is 81.6 Å². The number of pyridine rings is 4. The molecule has 432 valence electrons. The third kappa shape index (κ3) is 12.6. The summed E-state index contributed by atoms with van der Waals surface area (Å²) in [7, 11) is 3.04. The number of benzene rings is 6. The smallest absolute Gasteiger partial charge is 0.400 e. The molecule has 0 spiro atoms. The molecular weight excluding hydrogens is 1180 g/mol. The fraction of sp³-hybridized carbons (Fsp3) is 0.147. The molecule has 18 heteroatoms. The number of para-hydroxylation sites is 4. The minimum absolute atomic E-state index is 0.0421. The van der Waals surface area contributed by atoms with Crippen molar-refractivity contribution in [3.05, 3.63) is 274 Å². The van der Waals surface area contributed by atoms with E-state index in [2.05, 4.69) is 56.2 Å². The first-order valence-corrected chi connectivity index (χ1v) is 28.8. The van der Waals surface area contributed by atoms with Crippen LogP contribution >= 0.6 is 27.5 Å². The molecule has 9 heterocycles. The third-order valence-corrected chi connectivity index (χ3v) is 15.8. The van der Waals surface area contributed by atoms with Gasteiger partial charge in [-0.1, -0.05) is 131 Å². The summed E-state index contributed by atoms with van der Waals surface area (Å²) in [5.41, 5.74) is 13.4. The summed E-state index contributed by atoms with van der Waals surface area (Å²) >= 11 is 9.01. The lowest BCUT2D eigenvalue weighted by atomic mass is 9.97. The number of hydrogen-bond acceptors (Lipinski definition) is 12. The van der Waals surface area contributed by atoms with Crippen LogP contribution in [-0.4, -0.2) is 47.6 Å². The van der Waals surface area contributed by atoms with Gasteiger partial charge < -0.3 is 46.4 Å². The van der Waals surface area contributed by atoms with E-state index in [1.54, 1.807) is 48.7 Å². The zero-order chi connectivity index (χ0) is 59.7. The number of methoxy groups -OCH3 is 2. The second kappa shape index (κ2) is 26.3. The number of aryl methyl sites for hydroxylation is 5. The molecule has 0 bridgehead atoms. The Bertz CT molecular complexity index is 4610. The Morgan fingerprint density at radius 3 is 1.52 bits per heavy atom. The number of nitrogens with zero attached hydrogens (tertiary/aromatic N) is 6. The molecule has 3 aliphatic heterocycles. The number of halogens is 2. The average molecular weight is 1230 g/mol. The summed E-state index contributed by atoms with van der Waals surface area (Å²) in [6.07, 6.45) is 5.23. The van der Waals surface area contributed by atoms with Crippen LogP contribution in [0.4, 0.5) is 0 Å². The summed E-state index contributed by atoms with van der Waals surface area (Å²) in [6, 6.07) is 61.4. The number of aromatic nitrogens is 6. The van der Waals surface area contributed by atoms with Gasteiger partial charge in [-0.05, 0) is 138 Å². The van der Waals surface area contributed by atoms with E-state index in [0.29, 0.717) is 42.2 Å². The van der Waals surface area contributed by atoms with Crippen molar-refractivity contribution >= 4 is 49.7 Å². The maximum absolute atomic E-state index is 12.8. The van der Waals surface area contributed by atoms with Crippen molar-refractivity contribution in [1.29, 1.82) is 0 Å². The first-order chi connectivity index (χ1) is 42.0. The molecule has 0 saturated heterocycles. The topological polar surface area (TPSA) is 188 Å². The largest absolute Gasteiger partial charge is 0.503 e. The first-order valence-electron chi connectivity index (χ1n) is 27.7. The molecule has 0 saturated carbocycles. The Balaban J connectivity index is 0.000000115. The molecule has 0 unspecified atom stereocenters. The minimum atomic E-state index is -0.299. The van der Waals surface area contributed by atoms with Crippen LogP contribution in [0.1, 0.15) is 22.3 Å². The number of ether oxygens (including phenoxy) is 3. The zero-order valence-corrected chi connectivity index (χ0v) is 49.1. The highest BCUT2D eigenvalue weighted by Gasteiger charge is 2.22. The van der Waals surface area contributed by atoms with Gasteiger partial charge in [-0.3, -0.25) is 19.2 Å². The van der Waals surface area contributed by atoms with E-state index in [9.17, 15) is 24.3 Å². The van der Waals surface area contributed by atoms with Crippen molar-refractivity contribution in [2.75, 3.05) is 14.2 Å². The Morgan fingerprint density at radius 2 is 0.965 bits per heavy atom. The summed E-state index contributed by atoms with van der Waals surface area (Å²) in [5.74, 6) is 0.829. The highest BCUT2D eigenvalue weighted by molar-refractivity contribution is 9.10. The number of aromatic hydroxyl groups is 1. The SMILES string of the molecule is COc1ccc2n(c1=O)CCc1ccccc1-2.COc1cccn(CCc2ccccc2Br)c1=O.Clc1nc2ccccc2o1.O=c1c(O)ccc2n1CCc1ccccc1-2.O=c1c(Oc2nc3ccccc3o2)ccc2n1CCc1ccccc1-2. The van der Waals surface area contributed by atoms with Crippen molar-refractivity contribution in [1.82, 2.24) is 28.2 Å². The number of oxazole rings is 2. The molecule has 3 aliphatic rings. The highest BCUT2D eigenvalue weighted by Crippen LogP contribution is 2.32. The monoisotopic (exact) mass is 1230 g/mol. The summed E-state index contributed by atoms with van der Waals surface area (Å²) < 4.78 is 34.2. The number of rotatable bonds is 7. The van der Waals surface area contributed by atoms with Gasteiger partial charge in [-0.2, -0.15) is 9.97 Å². The van der Waals surface area contributed by atoms with Crippen molar-refractivity contribution in [3.63, 3.8) is 0 Å². The second-order valence-electron chi connectivity index (χ2n) is 20.0. The molecule has 15 rings (SSSR count). The van der Waals surface area contributed by atoms with E-state index >= 15 is 0 Å². The van der Waals surface area contributed by atoms with E-state index < -0.39 is 0 Å². The average Bonchev–Trinajstić information content (AvgIpc) is 2.04. The Labute approximate surface area is 506 Å². The quantitative estimate of drug-likeness (QED) is 0.159. The van der Waals surface area contributed by atoms with Crippen LogP contribution in [0.3, 0.4) is 0 Å². The highest BCUT2D eigenvalue weighted by atomic mass is 79.9. The predicted molar refractivity (Wildman–Crippen MR) is 336 cm³/mol. The number of fused-ring (bicyclic) bond motifs is 11. The van der Waals surface area contributed by atoms with E-state index in [1.165, 1.54) is 42.5 Å². The molecule has 16 nitrogen and oxygen atoms in total. The van der Waals surface area contributed by atoms with Gasteiger partial charge in [0.05, 0.1) is 31.3 Å². The van der Waals surface area contributed by atoms with Crippen LogP contribution in [0.2, 0.25) is 5.35 Å². The van der Waals surface area contributed by atoms with Crippen LogP contribution in [0.15, 0.2) is 233 Å². The fourth-order valence-corrected chi connectivity index (χ4v) is 11.2. The lowest BCUT2D eigenvalue weighted by molar-refractivity contribution is 0.337. The van der Waals surface area contributed by atoms with Gasteiger partial charge in [0, 0.05) is 53.5 Å². The molecule has 0 atom stereocenters. The van der Waals surface area contributed by atoms with Crippen LogP contribution in [-0.2, 0) is 51.9 Å². The molecular formula is C68H56BrClN6O10. The van der Waals surface area contributed by atoms with E-state index in [-0.39, 0.29) is 45.2 Å². The molecule has 6 aromatic heterocycles. The lowest BCUT2D eigenvalue weighted by Crippen LogP contribution is -2.26. The van der Waals surface area contributed by atoms with Crippen molar-refractivity contribution < 1.29 is 28.2 Å². The standard InChI is InChI=1S/C20H14N2O3.C14H14BrNO2.C14H13NO2.C13H11NO2.C7H4ClNO/c23-19-18(25-20-21-15-7-3-4-8-17(15)24-20)10-9-16-14-6-2-1-5-13(14)11-12-22(16)19;1-18-13-7-4-9-16(14(13)17)10-8-11-5-2-3-6-12(11)15;1-17-13-7-6-12-11-5-3-2-4-10(11)8-9-15(12)14(13)16;15-12-6-5-11-10-4-2-1-3-9(10)7-8-14(11)13(12)16;8-7-9-5-3-1-2-4-6(5)10-7/h1-10H,11-12H2;2-7,9H,8,10H2,1H3;2-7H,8-9H2,1H3;1-6,15H,7-8H2;1-4H. The molecule has 0 amide bonds. The van der Waals surface area contributed by atoms with Crippen LogP contribution in [0.25, 0.3) is 56.0 Å². The van der Waals surface area contributed by atoms with Gasteiger partial charge in [0.2, 0.25) is 0 Å². The van der Waals surface area contributed by atoms with Crippen LogP contribution in [0, 0.1) is 0 Å². The number of hydrogen-bond donors (Lipinski definition) is 1. The minimum Gasteiger partial charge on any atom is -0.503 e. The summed E-state index contributed by atoms with van der Waals surface area (Å²) in [6.45, 7) is 2.64. The molecule has 86 heavy (non-hydrogen) atoms.